The van der Waals surface area contributed by atoms with Crippen molar-refractivity contribution in [2.75, 3.05) is 17.2 Å². The Kier molecular flexibility index (Phi) is 5.48. The number of nitrogens with zero attached hydrogens (tertiary/aromatic N) is 2. The summed E-state index contributed by atoms with van der Waals surface area (Å²) in [6, 6.07) is 12.6. The fourth-order valence-electron chi connectivity index (χ4n) is 2.37. The number of nitrogens with one attached hydrogen (secondary N) is 2. The predicted octanol–water partition coefficient (Wildman–Crippen LogP) is 3.91. The van der Waals surface area contributed by atoms with Gasteiger partial charge in [0.15, 0.2) is 0 Å². The molecule has 0 bridgehead atoms. The van der Waals surface area contributed by atoms with E-state index in [4.69, 9.17) is 9.15 Å². The van der Waals surface area contributed by atoms with Crippen molar-refractivity contribution in [2.45, 2.75) is 20.4 Å². The normalized spacial score (nSPS) is 10.4. The van der Waals surface area contributed by atoms with Crippen molar-refractivity contribution >= 4 is 23.3 Å². The summed E-state index contributed by atoms with van der Waals surface area (Å²) >= 11 is 0. The van der Waals surface area contributed by atoms with Crippen molar-refractivity contribution in [3.05, 3.63) is 65.9 Å². The van der Waals surface area contributed by atoms with Crippen LogP contribution in [0.15, 0.2) is 53.1 Å². The minimum absolute atomic E-state index is 0.332. The molecule has 1 aromatic carbocycles. The molecule has 0 saturated carbocycles. The third kappa shape index (κ3) is 4.60. The second kappa shape index (κ2) is 8.15. The van der Waals surface area contributed by atoms with E-state index >= 15 is 0 Å². The zero-order valence-electron chi connectivity index (χ0n) is 14.7. The lowest BCUT2D eigenvalue weighted by Crippen LogP contribution is -2.05. The van der Waals surface area contributed by atoms with Crippen LogP contribution in [0, 0.1) is 6.92 Å². The number of carbonyl (C=O) groups is 1. The summed E-state index contributed by atoms with van der Waals surface area (Å²) in [6.07, 6.45) is 1.63. The average molecular weight is 352 g/mol. The van der Waals surface area contributed by atoms with E-state index in [0.29, 0.717) is 36.2 Å². The van der Waals surface area contributed by atoms with Crippen molar-refractivity contribution in [1.29, 1.82) is 0 Å². The summed E-state index contributed by atoms with van der Waals surface area (Å²) < 4.78 is 10.3. The lowest BCUT2D eigenvalue weighted by molar-refractivity contribution is 0.0526. The highest BCUT2D eigenvalue weighted by atomic mass is 16.5. The highest BCUT2D eigenvalue weighted by Crippen LogP contribution is 2.19. The first-order chi connectivity index (χ1) is 12.6. The molecular weight excluding hydrogens is 332 g/mol. The molecular formula is C19H20N4O3. The summed E-state index contributed by atoms with van der Waals surface area (Å²) in [5.41, 5.74) is 1.32. The Morgan fingerprint density at radius 3 is 2.62 bits per heavy atom. The number of esters is 1. The number of aryl methyl sites for hydroxylation is 1. The summed E-state index contributed by atoms with van der Waals surface area (Å²) in [7, 11) is 0. The van der Waals surface area contributed by atoms with E-state index in [-0.39, 0.29) is 5.97 Å². The van der Waals surface area contributed by atoms with Crippen LogP contribution in [-0.2, 0) is 11.3 Å². The van der Waals surface area contributed by atoms with E-state index in [2.05, 4.69) is 20.6 Å². The highest BCUT2D eigenvalue weighted by Gasteiger charge is 2.07. The summed E-state index contributed by atoms with van der Waals surface area (Å²) in [4.78, 5) is 20.4. The number of aromatic nitrogens is 2. The molecule has 3 aromatic rings. The minimum Gasteiger partial charge on any atom is -0.467 e. The summed E-state index contributed by atoms with van der Waals surface area (Å²) in [6.45, 7) is 4.50. The smallest absolute Gasteiger partial charge is 0.338 e. The topological polar surface area (TPSA) is 89.3 Å². The predicted molar refractivity (Wildman–Crippen MR) is 98.5 cm³/mol. The highest BCUT2D eigenvalue weighted by molar-refractivity contribution is 5.89. The minimum atomic E-state index is -0.332. The largest absolute Gasteiger partial charge is 0.467 e. The van der Waals surface area contributed by atoms with Crippen LogP contribution in [0.2, 0.25) is 0 Å². The molecule has 0 saturated heterocycles. The maximum absolute atomic E-state index is 11.7. The van der Waals surface area contributed by atoms with E-state index in [0.717, 1.165) is 11.4 Å². The van der Waals surface area contributed by atoms with Crippen LogP contribution in [0.5, 0.6) is 0 Å². The Bertz CT molecular complexity index is 861. The lowest BCUT2D eigenvalue weighted by Gasteiger charge is -2.10. The second-order valence-corrected chi connectivity index (χ2v) is 5.54. The molecule has 7 nitrogen and oxygen atoms in total. The molecule has 0 fully saturated rings. The Labute approximate surface area is 151 Å². The van der Waals surface area contributed by atoms with Gasteiger partial charge in [-0.3, -0.25) is 0 Å². The van der Waals surface area contributed by atoms with E-state index in [1.54, 1.807) is 37.5 Å². The first-order valence-corrected chi connectivity index (χ1v) is 8.30. The number of carbonyl (C=O) groups excluding carboxylic acids is 1. The molecule has 2 N–H and O–H groups in total. The van der Waals surface area contributed by atoms with Gasteiger partial charge in [-0.2, -0.15) is 0 Å². The van der Waals surface area contributed by atoms with Crippen molar-refractivity contribution in [3.63, 3.8) is 0 Å². The molecule has 0 aliphatic heterocycles. The molecule has 0 amide bonds. The van der Waals surface area contributed by atoms with Gasteiger partial charge in [-0.05, 0) is 50.2 Å². The molecule has 0 aliphatic carbocycles. The first-order valence-electron chi connectivity index (χ1n) is 8.30. The van der Waals surface area contributed by atoms with Crippen molar-refractivity contribution in [3.8, 4) is 0 Å². The van der Waals surface area contributed by atoms with E-state index in [1.165, 1.54) is 0 Å². The van der Waals surface area contributed by atoms with Gasteiger partial charge < -0.3 is 19.8 Å². The first kappa shape index (κ1) is 17.5. The number of hydrogen-bond acceptors (Lipinski definition) is 7. The molecule has 3 rings (SSSR count). The van der Waals surface area contributed by atoms with Gasteiger partial charge in [-0.1, -0.05) is 0 Å². The second-order valence-electron chi connectivity index (χ2n) is 5.54. The molecule has 0 atom stereocenters. The van der Waals surface area contributed by atoms with Crippen molar-refractivity contribution in [1.82, 2.24) is 9.97 Å². The monoisotopic (exact) mass is 352 g/mol. The zero-order valence-corrected chi connectivity index (χ0v) is 14.7. The van der Waals surface area contributed by atoms with E-state index in [1.807, 2.05) is 25.1 Å². The van der Waals surface area contributed by atoms with E-state index in [9.17, 15) is 4.79 Å². The maximum Gasteiger partial charge on any atom is 0.338 e. The Hall–Kier alpha value is -3.35. The molecule has 2 heterocycles. The van der Waals surface area contributed by atoms with Crippen LogP contribution >= 0.6 is 0 Å². The number of benzene rings is 1. The molecule has 0 aliphatic rings. The Morgan fingerprint density at radius 2 is 1.92 bits per heavy atom. The molecule has 0 unspecified atom stereocenters. The number of hydrogen-bond donors (Lipinski definition) is 2. The van der Waals surface area contributed by atoms with Crippen LogP contribution < -0.4 is 10.6 Å². The molecule has 0 spiro atoms. The van der Waals surface area contributed by atoms with Crippen molar-refractivity contribution < 1.29 is 13.9 Å². The quantitative estimate of drug-likeness (QED) is 0.623. The van der Waals surface area contributed by atoms with Crippen molar-refractivity contribution in [2.24, 2.45) is 0 Å². The van der Waals surface area contributed by atoms with Crippen LogP contribution in [0.4, 0.5) is 17.3 Å². The molecule has 7 heteroatoms. The fourth-order valence-corrected chi connectivity index (χ4v) is 2.37. The Morgan fingerprint density at radius 1 is 1.15 bits per heavy atom. The van der Waals surface area contributed by atoms with Crippen LogP contribution in [0.25, 0.3) is 0 Å². The van der Waals surface area contributed by atoms with Gasteiger partial charge in [0.2, 0.25) is 0 Å². The molecule has 134 valence electrons. The summed E-state index contributed by atoms with van der Waals surface area (Å²) in [5, 5.41) is 6.42. The van der Waals surface area contributed by atoms with Gasteiger partial charge in [0.1, 0.15) is 23.2 Å². The third-order valence-corrected chi connectivity index (χ3v) is 3.53. The third-order valence-electron chi connectivity index (χ3n) is 3.53. The summed E-state index contributed by atoms with van der Waals surface area (Å²) in [5.74, 6) is 2.48. The maximum atomic E-state index is 11.7. The fraction of sp³-hybridized carbons (Fsp3) is 0.211. The van der Waals surface area contributed by atoms with Crippen LogP contribution in [0.3, 0.4) is 0 Å². The van der Waals surface area contributed by atoms with Gasteiger partial charge in [-0.15, -0.1) is 0 Å². The number of rotatable bonds is 7. The number of anilines is 3. The van der Waals surface area contributed by atoms with Gasteiger partial charge in [-0.25, -0.2) is 14.8 Å². The Balaban J connectivity index is 1.68. The number of furan rings is 1. The van der Waals surface area contributed by atoms with Gasteiger partial charge >= 0.3 is 5.97 Å². The van der Waals surface area contributed by atoms with Gasteiger partial charge in [0.05, 0.1) is 25.0 Å². The SMILES string of the molecule is CCOC(=O)c1ccc(Nc2cc(NCc3ccco3)nc(C)n2)cc1. The molecule has 26 heavy (non-hydrogen) atoms. The van der Waals surface area contributed by atoms with Gasteiger partial charge in [0, 0.05) is 11.8 Å². The molecule has 2 aromatic heterocycles. The average Bonchev–Trinajstić information content (AvgIpc) is 3.14. The number of ether oxygens (including phenoxy) is 1. The lowest BCUT2D eigenvalue weighted by atomic mass is 10.2. The van der Waals surface area contributed by atoms with Gasteiger partial charge in [0.25, 0.3) is 0 Å². The van der Waals surface area contributed by atoms with E-state index < -0.39 is 0 Å². The zero-order chi connectivity index (χ0) is 18.4. The molecule has 0 radical (unpaired) electrons. The van der Waals surface area contributed by atoms with Crippen LogP contribution in [-0.4, -0.2) is 22.5 Å². The van der Waals surface area contributed by atoms with Crippen LogP contribution in [0.1, 0.15) is 28.9 Å². The standard InChI is InChI=1S/C19H20N4O3/c1-3-25-19(24)14-6-8-15(9-7-14)23-18-11-17(21-13(2)22-18)20-12-16-5-4-10-26-16/h4-11H,3,12H2,1-2H3,(H2,20,21,22,23).